The third kappa shape index (κ3) is 5.19. The van der Waals surface area contributed by atoms with E-state index in [4.69, 9.17) is 10.1 Å². The highest BCUT2D eigenvalue weighted by molar-refractivity contribution is 5.99. The SMILES string of the molecule is CC(C)(C)C(=O)Nc1cc(C(=O)Cc2cn3nc(-c4c(-c5ccc(F)cc5)nc5ccccn45)ccc3n2)ccn1. The van der Waals surface area contributed by atoms with Crippen LogP contribution >= 0.6 is 0 Å². The van der Waals surface area contributed by atoms with E-state index in [0.717, 1.165) is 16.9 Å². The number of hydrogen-bond acceptors (Lipinski definition) is 6. The first-order chi connectivity index (χ1) is 19.7. The normalized spacial score (nSPS) is 11.7. The predicted octanol–water partition coefficient (Wildman–Crippen LogP) is 5.66. The highest BCUT2D eigenvalue weighted by Gasteiger charge is 2.22. The number of halogens is 1. The zero-order chi connectivity index (χ0) is 28.7. The van der Waals surface area contributed by atoms with Gasteiger partial charge in [0.05, 0.1) is 24.0 Å². The lowest BCUT2D eigenvalue weighted by atomic mass is 9.96. The van der Waals surface area contributed by atoms with Crippen LogP contribution in [0.4, 0.5) is 10.2 Å². The molecule has 1 aromatic carbocycles. The van der Waals surface area contributed by atoms with E-state index in [0.29, 0.717) is 34.1 Å². The van der Waals surface area contributed by atoms with Gasteiger partial charge in [-0.3, -0.25) is 14.0 Å². The summed E-state index contributed by atoms with van der Waals surface area (Å²) >= 11 is 0. The largest absolute Gasteiger partial charge is 0.310 e. The number of pyridine rings is 2. The standard InChI is InChI=1S/C31H26FN7O2/c1-31(2,3)30(41)35-25-16-20(13-14-33-25)24(40)17-22-18-39-27(34-22)12-11-23(37-39)29-28(19-7-9-21(32)10-8-19)36-26-6-4-5-15-38(26)29/h4-16,18H,17H2,1-3H3,(H,33,35,41). The first-order valence-electron chi connectivity index (χ1n) is 13.1. The molecule has 41 heavy (non-hydrogen) atoms. The molecule has 9 nitrogen and oxygen atoms in total. The number of aromatic nitrogens is 6. The van der Waals surface area contributed by atoms with Crippen molar-refractivity contribution in [2.45, 2.75) is 27.2 Å². The molecule has 10 heteroatoms. The second kappa shape index (κ2) is 10.1. The highest BCUT2D eigenvalue weighted by Crippen LogP contribution is 2.32. The minimum Gasteiger partial charge on any atom is -0.310 e. The fourth-order valence-electron chi connectivity index (χ4n) is 4.43. The number of Topliss-reactive ketones (excluding diaryl/α,β-unsaturated/α-hetero) is 1. The summed E-state index contributed by atoms with van der Waals surface area (Å²) in [5.41, 5.74) is 4.52. The molecule has 6 rings (SSSR count). The van der Waals surface area contributed by atoms with E-state index in [9.17, 15) is 14.0 Å². The summed E-state index contributed by atoms with van der Waals surface area (Å²) < 4.78 is 17.2. The summed E-state index contributed by atoms with van der Waals surface area (Å²) in [5.74, 6) is -0.355. The Morgan fingerprint density at radius 2 is 1.76 bits per heavy atom. The number of fused-ring (bicyclic) bond motifs is 2. The smallest absolute Gasteiger partial charge is 0.230 e. The Morgan fingerprint density at radius 3 is 2.54 bits per heavy atom. The second-order valence-electron chi connectivity index (χ2n) is 10.7. The molecule has 0 saturated carbocycles. The van der Waals surface area contributed by atoms with Gasteiger partial charge in [0.2, 0.25) is 5.91 Å². The summed E-state index contributed by atoms with van der Waals surface area (Å²) in [5, 5.41) is 7.55. The number of carbonyl (C=O) groups excluding carboxylic acids is 2. The molecule has 204 valence electrons. The third-order valence-electron chi connectivity index (χ3n) is 6.61. The number of anilines is 1. The van der Waals surface area contributed by atoms with Crippen molar-refractivity contribution in [2.75, 3.05) is 5.32 Å². The molecule has 6 aromatic rings. The average Bonchev–Trinajstić information content (AvgIpc) is 3.53. The van der Waals surface area contributed by atoms with Crippen molar-refractivity contribution in [1.29, 1.82) is 0 Å². The molecule has 0 spiro atoms. The van der Waals surface area contributed by atoms with Crippen molar-refractivity contribution >= 4 is 28.8 Å². The molecular weight excluding hydrogens is 521 g/mol. The molecule has 0 fully saturated rings. The molecule has 0 saturated heterocycles. The molecule has 5 aromatic heterocycles. The zero-order valence-electron chi connectivity index (χ0n) is 22.7. The summed E-state index contributed by atoms with van der Waals surface area (Å²) in [6.07, 6.45) is 5.17. The van der Waals surface area contributed by atoms with Gasteiger partial charge in [-0.25, -0.2) is 23.9 Å². The van der Waals surface area contributed by atoms with Crippen LogP contribution in [0.25, 0.3) is 33.9 Å². The minimum absolute atomic E-state index is 0.0474. The van der Waals surface area contributed by atoms with Crippen LogP contribution in [0.1, 0.15) is 36.8 Å². The summed E-state index contributed by atoms with van der Waals surface area (Å²) in [6, 6.07) is 18.8. The van der Waals surface area contributed by atoms with Gasteiger partial charge in [0.15, 0.2) is 11.4 Å². The minimum atomic E-state index is -0.590. The number of hydrogen-bond donors (Lipinski definition) is 1. The first-order valence-corrected chi connectivity index (χ1v) is 13.1. The van der Waals surface area contributed by atoms with E-state index >= 15 is 0 Å². The molecule has 0 aliphatic heterocycles. The van der Waals surface area contributed by atoms with Crippen molar-refractivity contribution in [3.05, 3.63) is 102 Å². The fraction of sp³-hybridized carbons (Fsp3) is 0.161. The van der Waals surface area contributed by atoms with E-state index in [-0.39, 0.29) is 23.9 Å². The Bertz CT molecular complexity index is 1930. The van der Waals surface area contributed by atoms with Crippen LogP contribution in [0.2, 0.25) is 0 Å². The van der Waals surface area contributed by atoms with E-state index in [1.807, 2.05) is 40.9 Å². The Labute approximate surface area is 234 Å². The molecule has 0 radical (unpaired) electrons. The first kappa shape index (κ1) is 26.0. The molecule has 0 unspecified atom stereocenters. The van der Waals surface area contributed by atoms with Crippen LogP contribution < -0.4 is 5.32 Å². The number of imidazole rings is 2. The van der Waals surface area contributed by atoms with Gasteiger partial charge in [-0.2, -0.15) is 5.10 Å². The maximum Gasteiger partial charge on any atom is 0.230 e. The van der Waals surface area contributed by atoms with Crippen LogP contribution in [-0.4, -0.2) is 40.7 Å². The number of nitrogens with zero attached hydrogens (tertiary/aromatic N) is 6. The predicted molar refractivity (Wildman–Crippen MR) is 153 cm³/mol. The molecule has 0 atom stereocenters. The third-order valence-corrected chi connectivity index (χ3v) is 6.61. The topological polar surface area (TPSA) is 107 Å². The van der Waals surface area contributed by atoms with E-state index < -0.39 is 5.41 Å². The quantitative estimate of drug-likeness (QED) is 0.270. The lowest BCUT2D eigenvalue weighted by Gasteiger charge is -2.17. The Balaban J connectivity index is 1.30. The van der Waals surface area contributed by atoms with Crippen LogP contribution in [-0.2, 0) is 11.2 Å². The van der Waals surface area contributed by atoms with Crippen molar-refractivity contribution < 1.29 is 14.0 Å². The Kier molecular flexibility index (Phi) is 6.37. The number of ketones is 1. The molecule has 0 aliphatic carbocycles. The highest BCUT2D eigenvalue weighted by atomic mass is 19.1. The van der Waals surface area contributed by atoms with Gasteiger partial charge in [-0.1, -0.05) is 26.8 Å². The van der Waals surface area contributed by atoms with Crippen LogP contribution in [0.3, 0.4) is 0 Å². The maximum absolute atomic E-state index is 13.6. The lowest BCUT2D eigenvalue weighted by Crippen LogP contribution is -2.28. The Hall–Kier alpha value is -5.25. The van der Waals surface area contributed by atoms with Crippen molar-refractivity contribution in [3.63, 3.8) is 0 Å². The molecule has 0 bridgehead atoms. The maximum atomic E-state index is 13.6. The van der Waals surface area contributed by atoms with Gasteiger partial charge < -0.3 is 5.32 Å². The molecule has 5 heterocycles. The molecule has 1 amide bonds. The van der Waals surface area contributed by atoms with E-state index in [1.165, 1.54) is 18.3 Å². The molecule has 0 aliphatic rings. The second-order valence-corrected chi connectivity index (χ2v) is 10.7. The number of rotatable bonds is 6. The fourth-order valence-corrected chi connectivity index (χ4v) is 4.43. The number of amides is 1. The average molecular weight is 548 g/mol. The number of carbonyl (C=O) groups is 2. The van der Waals surface area contributed by atoms with Gasteiger partial charge in [-0.05, 0) is 60.7 Å². The van der Waals surface area contributed by atoms with Crippen molar-refractivity contribution in [2.24, 2.45) is 5.41 Å². The van der Waals surface area contributed by atoms with Gasteiger partial charge in [-0.15, -0.1) is 0 Å². The van der Waals surface area contributed by atoms with Crippen LogP contribution in [0.5, 0.6) is 0 Å². The summed E-state index contributed by atoms with van der Waals surface area (Å²) in [7, 11) is 0. The van der Waals surface area contributed by atoms with E-state index in [1.54, 1.807) is 55.7 Å². The van der Waals surface area contributed by atoms with E-state index in [2.05, 4.69) is 15.3 Å². The summed E-state index contributed by atoms with van der Waals surface area (Å²) in [4.78, 5) is 39.0. The monoisotopic (exact) mass is 547 g/mol. The van der Waals surface area contributed by atoms with Gasteiger partial charge >= 0.3 is 0 Å². The lowest BCUT2D eigenvalue weighted by molar-refractivity contribution is -0.123. The van der Waals surface area contributed by atoms with Crippen molar-refractivity contribution in [3.8, 4) is 22.6 Å². The Morgan fingerprint density at radius 1 is 0.951 bits per heavy atom. The summed E-state index contributed by atoms with van der Waals surface area (Å²) in [6.45, 7) is 5.41. The van der Waals surface area contributed by atoms with Gasteiger partial charge in [0.1, 0.15) is 28.7 Å². The zero-order valence-corrected chi connectivity index (χ0v) is 22.7. The van der Waals surface area contributed by atoms with Crippen LogP contribution in [0, 0.1) is 11.2 Å². The molecule has 1 N–H and O–H groups in total. The van der Waals surface area contributed by atoms with Gasteiger partial charge in [0, 0.05) is 28.9 Å². The van der Waals surface area contributed by atoms with Crippen molar-refractivity contribution in [1.82, 2.24) is 29.0 Å². The van der Waals surface area contributed by atoms with Crippen LogP contribution in [0.15, 0.2) is 85.3 Å². The number of benzene rings is 1. The molecular formula is C31H26FN7O2. The van der Waals surface area contributed by atoms with Gasteiger partial charge in [0.25, 0.3) is 0 Å². The number of nitrogens with one attached hydrogen (secondary N) is 1.